The molecule has 0 saturated carbocycles. The normalized spacial score (nSPS) is 17.9. The Balaban J connectivity index is 2.03. The number of aryl methyl sites for hydroxylation is 2. The lowest BCUT2D eigenvalue weighted by Crippen LogP contribution is -2.28. The van der Waals surface area contributed by atoms with Crippen molar-refractivity contribution in [1.82, 2.24) is 4.98 Å². The van der Waals surface area contributed by atoms with Crippen molar-refractivity contribution in [1.29, 1.82) is 5.26 Å². The molecule has 2 aliphatic rings. The summed E-state index contributed by atoms with van der Waals surface area (Å²) in [5.74, 6) is 0.887. The molecule has 1 aliphatic heterocycles. The van der Waals surface area contributed by atoms with Crippen molar-refractivity contribution >= 4 is 5.82 Å². The maximum absolute atomic E-state index is 9.25. The molecular weight excluding hydrogens is 210 g/mol. The minimum Gasteiger partial charge on any atom is -0.351 e. The van der Waals surface area contributed by atoms with E-state index in [-0.39, 0.29) is 0 Å². The number of anilines is 1. The Hall–Kier alpha value is -1.82. The van der Waals surface area contributed by atoms with Crippen LogP contribution in [0, 0.1) is 11.3 Å². The Morgan fingerprint density at radius 3 is 3.00 bits per heavy atom. The quantitative estimate of drug-likeness (QED) is 0.688. The standard InChI is InChI=1S/C14H15N3/c15-10-12-9-11-5-4-6-13(11)16-14(12)17-7-2-1-3-8-17/h1-2,9H,3-8H2. The second-order valence-corrected chi connectivity index (χ2v) is 4.64. The molecule has 0 spiro atoms. The summed E-state index contributed by atoms with van der Waals surface area (Å²) in [6.45, 7) is 1.84. The average molecular weight is 225 g/mol. The Kier molecular flexibility index (Phi) is 2.56. The van der Waals surface area contributed by atoms with Gasteiger partial charge in [-0.15, -0.1) is 0 Å². The predicted molar refractivity (Wildman–Crippen MR) is 66.9 cm³/mol. The fourth-order valence-corrected chi connectivity index (χ4v) is 2.62. The molecule has 17 heavy (non-hydrogen) atoms. The molecular formula is C14H15N3. The summed E-state index contributed by atoms with van der Waals surface area (Å²) in [7, 11) is 0. The Morgan fingerprint density at radius 1 is 1.29 bits per heavy atom. The lowest BCUT2D eigenvalue weighted by molar-refractivity contribution is 0.798. The topological polar surface area (TPSA) is 39.9 Å². The van der Waals surface area contributed by atoms with E-state index in [4.69, 9.17) is 4.98 Å². The van der Waals surface area contributed by atoms with Crippen LogP contribution in [-0.4, -0.2) is 18.1 Å². The van der Waals surface area contributed by atoms with Crippen molar-refractivity contribution in [3.05, 3.63) is 35.0 Å². The zero-order valence-electron chi connectivity index (χ0n) is 9.82. The smallest absolute Gasteiger partial charge is 0.147 e. The summed E-state index contributed by atoms with van der Waals surface area (Å²) < 4.78 is 0. The van der Waals surface area contributed by atoms with Crippen molar-refractivity contribution in [3.63, 3.8) is 0 Å². The third-order valence-electron chi connectivity index (χ3n) is 3.51. The van der Waals surface area contributed by atoms with Crippen LogP contribution >= 0.6 is 0 Å². The fraction of sp³-hybridized carbons (Fsp3) is 0.429. The molecule has 1 aromatic rings. The third-order valence-corrected chi connectivity index (χ3v) is 3.51. The van der Waals surface area contributed by atoms with E-state index in [0.29, 0.717) is 0 Å². The van der Waals surface area contributed by atoms with Gasteiger partial charge in [0.2, 0.25) is 0 Å². The van der Waals surface area contributed by atoms with Gasteiger partial charge in [-0.1, -0.05) is 12.2 Å². The molecule has 0 fully saturated rings. The number of nitrogens with zero attached hydrogens (tertiary/aromatic N) is 3. The SMILES string of the molecule is N#Cc1cc2c(nc1N1CC=CCC1)CCC2. The fourth-order valence-electron chi connectivity index (χ4n) is 2.62. The summed E-state index contributed by atoms with van der Waals surface area (Å²) >= 11 is 0. The van der Waals surface area contributed by atoms with E-state index in [9.17, 15) is 5.26 Å². The van der Waals surface area contributed by atoms with Crippen LogP contribution in [0.1, 0.15) is 29.7 Å². The van der Waals surface area contributed by atoms with E-state index in [1.54, 1.807) is 0 Å². The maximum atomic E-state index is 9.25. The molecule has 0 N–H and O–H groups in total. The van der Waals surface area contributed by atoms with Gasteiger partial charge in [-0.05, 0) is 37.3 Å². The molecule has 0 bridgehead atoms. The molecule has 86 valence electrons. The second-order valence-electron chi connectivity index (χ2n) is 4.64. The molecule has 0 aromatic carbocycles. The van der Waals surface area contributed by atoms with E-state index in [2.05, 4.69) is 23.1 Å². The highest BCUT2D eigenvalue weighted by Crippen LogP contribution is 2.27. The molecule has 0 amide bonds. The Bertz CT molecular complexity index is 511. The van der Waals surface area contributed by atoms with Gasteiger partial charge in [0.05, 0.1) is 5.56 Å². The number of aromatic nitrogens is 1. The largest absolute Gasteiger partial charge is 0.351 e. The monoisotopic (exact) mass is 225 g/mol. The molecule has 3 heteroatoms. The maximum Gasteiger partial charge on any atom is 0.147 e. The first-order valence-corrected chi connectivity index (χ1v) is 6.21. The Labute approximate surface area is 101 Å². The van der Waals surface area contributed by atoms with Crippen LogP contribution in [-0.2, 0) is 12.8 Å². The molecule has 1 aromatic heterocycles. The molecule has 0 unspecified atom stereocenters. The van der Waals surface area contributed by atoms with Crippen molar-refractivity contribution in [2.75, 3.05) is 18.0 Å². The lowest BCUT2D eigenvalue weighted by atomic mass is 10.1. The number of rotatable bonds is 1. The van der Waals surface area contributed by atoms with Crippen molar-refractivity contribution in [2.45, 2.75) is 25.7 Å². The highest BCUT2D eigenvalue weighted by molar-refractivity contribution is 5.57. The number of pyridine rings is 1. The zero-order chi connectivity index (χ0) is 11.7. The van der Waals surface area contributed by atoms with E-state index in [1.165, 1.54) is 17.7 Å². The van der Waals surface area contributed by atoms with Crippen LogP contribution in [0.15, 0.2) is 18.2 Å². The van der Waals surface area contributed by atoms with Crippen LogP contribution < -0.4 is 4.90 Å². The van der Waals surface area contributed by atoms with Gasteiger partial charge in [0, 0.05) is 18.8 Å². The van der Waals surface area contributed by atoms with Gasteiger partial charge in [-0.25, -0.2) is 4.98 Å². The lowest BCUT2D eigenvalue weighted by Gasteiger charge is -2.25. The molecule has 0 radical (unpaired) electrons. The summed E-state index contributed by atoms with van der Waals surface area (Å²) in [4.78, 5) is 6.92. The van der Waals surface area contributed by atoms with Gasteiger partial charge in [-0.3, -0.25) is 0 Å². The highest BCUT2D eigenvalue weighted by Gasteiger charge is 2.19. The van der Waals surface area contributed by atoms with Crippen LogP contribution in [0.25, 0.3) is 0 Å². The first-order chi connectivity index (χ1) is 8.38. The summed E-state index contributed by atoms with van der Waals surface area (Å²) in [5, 5.41) is 9.25. The molecule has 0 saturated heterocycles. The van der Waals surface area contributed by atoms with Crippen molar-refractivity contribution in [2.24, 2.45) is 0 Å². The molecule has 2 heterocycles. The van der Waals surface area contributed by atoms with Gasteiger partial charge < -0.3 is 4.90 Å². The van der Waals surface area contributed by atoms with E-state index in [1.807, 2.05) is 6.07 Å². The number of hydrogen-bond donors (Lipinski definition) is 0. The van der Waals surface area contributed by atoms with Crippen LogP contribution in [0.2, 0.25) is 0 Å². The summed E-state index contributed by atoms with van der Waals surface area (Å²) in [6.07, 6.45) is 8.71. The van der Waals surface area contributed by atoms with Gasteiger partial charge in [0.15, 0.2) is 0 Å². The molecule has 0 atom stereocenters. The molecule has 3 rings (SSSR count). The van der Waals surface area contributed by atoms with Gasteiger partial charge >= 0.3 is 0 Å². The summed E-state index contributed by atoms with van der Waals surface area (Å²) in [6, 6.07) is 4.34. The average Bonchev–Trinajstić information content (AvgIpc) is 2.85. The number of fused-ring (bicyclic) bond motifs is 1. The predicted octanol–water partition coefficient (Wildman–Crippen LogP) is 2.21. The second kappa shape index (κ2) is 4.21. The minimum absolute atomic E-state index is 0.737. The molecule has 1 aliphatic carbocycles. The van der Waals surface area contributed by atoms with Gasteiger partial charge in [0.25, 0.3) is 0 Å². The van der Waals surface area contributed by atoms with Crippen LogP contribution in [0.4, 0.5) is 5.82 Å². The van der Waals surface area contributed by atoms with Gasteiger partial charge in [0.1, 0.15) is 11.9 Å². The van der Waals surface area contributed by atoms with E-state index in [0.717, 1.165) is 43.7 Å². The zero-order valence-corrected chi connectivity index (χ0v) is 9.82. The number of hydrogen-bond acceptors (Lipinski definition) is 3. The van der Waals surface area contributed by atoms with E-state index >= 15 is 0 Å². The first kappa shape index (κ1) is 10.3. The van der Waals surface area contributed by atoms with Crippen LogP contribution in [0.5, 0.6) is 0 Å². The summed E-state index contributed by atoms with van der Waals surface area (Å²) in [5.41, 5.74) is 3.22. The van der Waals surface area contributed by atoms with Gasteiger partial charge in [-0.2, -0.15) is 5.26 Å². The first-order valence-electron chi connectivity index (χ1n) is 6.21. The van der Waals surface area contributed by atoms with E-state index < -0.39 is 0 Å². The van der Waals surface area contributed by atoms with Crippen molar-refractivity contribution in [3.8, 4) is 6.07 Å². The third kappa shape index (κ3) is 1.80. The molecule has 3 nitrogen and oxygen atoms in total. The van der Waals surface area contributed by atoms with Crippen LogP contribution in [0.3, 0.4) is 0 Å². The Morgan fingerprint density at radius 2 is 2.24 bits per heavy atom. The minimum atomic E-state index is 0.737. The van der Waals surface area contributed by atoms with Crippen molar-refractivity contribution < 1.29 is 0 Å². The number of nitriles is 1. The highest BCUT2D eigenvalue weighted by atomic mass is 15.2.